The first-order valence-corrected chi connectivity index (χ1v) is 3.30. The molecule has 1 fully saturated rings. The first kappa shape index (κ1) is 9.44. The zero-order valence-corrected chi connectivity index (χ0v) is 6.57. The van der Waals surface area contributed by atoms with Crippen LogP contribution in [0.15, 0.2) is 0 Å². The number of halogens is 4. The van der Waals surface area contributed by atoms with Gasteiger partial charge in [0.25, 0.3) is 0 Å². The Labute approximate surface area is 70.4 Å². The molecule has 0 aromatic rings. The van der Waals surface area contributed by atoms with Crippen molar-refractivity contribution >= 4 is 17.8 Å². The Hall–Kier alpha value is -0.650. The van der Waals surface area contributed by atoms with Crippen LogP contribution in [0.25, 0.3) is 0 Å². The highest BCUT2D eigenvalue weighted by Crippen LogP contribution is 2.44. The second-order valence-corrected chi connectivity index (χ2v) is 2.82. The van der Waals surface area contributed by atoms with Crippen molar-refractivity contribution in [3.05, 3.63) is 0 Å². The molecule has 0 bridgehead atoms. The van der Waals surface area contributed by atoms with E-state index in [0.717, 1.165) is 6.92 Å². The van der Waals surface area contributed by atoms with Gasteiger partial charge in [-0.15, -0.1) is 0 Å². The maximum absolute atomic E-state index is 12.1. The third-order valence-electron chi connectivity index (χ3n) is 1.41. The summed E-state index contributed by atoms with van der Waals surface area (Å²) in [5, 5.41) is -3.04. The highest BCUT2D eigenvalue weighted by molar-refractivity contribution is 6.25. The Morgan fingerprint density at radius 2 is 2.08 bits per heavy atom. The molecule has 2 unspecified atom stereocenters. The summed E-state index contributed by atoms with van der Waals surface area (Å²) in [4.78, 5) is 10.3. The van der Waals surface area contributed by atoms with Gasteiger partial charge in [0.05, 0.1) is 0 Å². The van der Waals surface area contributed by atoms with Crippen LogP contribution < -0.4 is 0 Å². The van der Waals surface area contributed by atoms with Gasteiger partial charge in [0.1, 0.15) is 0 Å². The molecule has 70 valence electrons. The minimum Gasteiger partial charge on any atom is -0.425 e. The standard InChI is InChI=1S/C5H4ClF3O3/c1-2-4(6,5(7,8)9)12-3(10)11-2/h2H,1H3. The molecule has 0 aromatic carbocycles. The van der Waals surface area contributed by atoms with Crippen LogP contribution in [0.1, 0.15) is 6.92 Å². The van der Waals surface area contributed by atoms with Crippen LogP contribution in [-0.4, -0.2) is 23.5 Å². The van der Waals surface area contributed by atoms with Crippen LogP contribution in [0.5, 0.6) is 0 Å². The fourth-order valence-electron chi connectivity index (χ4n) is 0.737. The summed E-state index contributed by atoms with van der Waals surface area (Å²) in [5.74, 6) is 0. The monoisotopic (exact) mass is 204 g/mol. The molecule has 0 aromatic heterocycles. The Bertz CT molecular complexity index is 216. The Morgan fingerprint density at radius 1 is 1.58 bits per heavy atom. The number of cyclic esters (lactones) is 2. The lowest BCUT2D eigenvalue weighted by molar-refractivity contribution is -0.221. The number of hydrogen-bond acceptors (Lipinski definition) is 3. The molecular weight excluding hydrogens is 200 g/mol. The van der Waals surface area contributed by atoms with Gasteiger partial charge in [0.15, 0.2) is 6.10 Å². The van der Waals surface area contributed by atoms with Crippen LogP contribution in [0.3, 0.4) is 0 Å². The largest absolute Gasteiger partial charge is 0.510 e. The average Bonchev–Trinajstić information content (AvgIpc) is 2.06. The summed E-state index contributed by atoms with van der Waals surface area (Å²) in [6, 6.07) is 0. The lowest BCUT2D eigenvalue weighted by Crippen LogP contribution is -2.46. The van der Waals surface area contributed by atoms with Crippen molar-refractivity contribution in [3.63, 3.8) is 0 Å². The predicted octanol–water partition coefficient (Wildman–Crippen LogP) is 2.04. The molecule has 0 N–H and O–H groups in total. The zero-order valence-electron chi connectivity index (χ0n) is 5.81. The van der Waals surface area contributed by atoms with Gasteiger partial charge in [-0.3, -0.25) is 0 Å². The summed E-state index contributed by atoms with van der Waals surface area (Å²) < 4.78 is 44.1. The molecule has 2 atom stereocenters. The molecule has 0 saturated carbocycles. The molecule has 0 aliphatic carbocycles. The van der Waals surface area contributed by atoms with E-state index in [0.29, 0.717) is 0 Å². The topological polar surface area (TPSA) is 35.5 Å². The molecule has 1 heterocycles. The summed E-state index contributed by atoms with van der Waals surface area (Å²) in [6.07, 6.45) is -7.78. The average molecular weight is 205 g/mol. The van der Waals surface area contributed by atoms with Crippen molar-refractivity contribution in [1.82, 2.24) is 0 Å². The first-order chi connectivity index (χ1) is 5.27. The van der Waals surface area contributed by atoms with Crippen LogP contribution >= 0.6 is 11.6 Å². The van der Waals surface area contributed by atoms with Crippen LogP contribution in [0.4, 0.5) is 18.0 Å². The van der Waals surface area contributed by atoms with Gasteiger partial charge >= 0.3 is 17.4 Å². The maximum atomic E-state index is 12.1. The molecule has 0 amide bonds. The summed E-state index contributed by atoms with van der Waals surface area (Å²) >= 11 is 5.00. The van der Waals surface area contributed by atoms with E-state index in [9.17, 15) is 18.0 Å². The molecule has 0 spiro atoms. The van der Waals surface area contributed by atoms with E-state index in [1.807, 2.05) is 0 Å². The molecule has 3 nitrogen and oxygen atoms in total. The van der Waals surface area contributed by atoms with Gasteiger partial charge in [0.2, 0.25) is 0 Å². The van der Waals surface area contributed by atoms with Crippen molar-refractivity contribution in [2.24, 2.45) is 0 Å². The van der Waals surface area contributed by atoms with E-state index < -0.39 is 23.5 Å². The fourth-order valence-corrected chi connectivity index (χ4v) is 0.844. The second-order valence-electron chi connectivity index (χ2n) is 2.25. The zero-order chi connectivity index (χ0) is 9.57. The number of carbonyl (C=O) groups excluding carboxylic acids is 1. The summed E-state index contributed by atoms with van der Waals surface area (Å²) in [7, 11) is 0. The fraction of sp³-hybridized carbons (Fsp3) is 0.800. The second kappa shape index (κ2) is 2.42. The van der Waals surface area contributed by atoms with Crippen molar-refractivity contribution in [2.75, 3.05) is 0 Å². The Kier molecular flexibility index (Phi) is 1.90. The SMILES string of the molecule is CC1OC(=O)OC1(Cl)C(F)(F)F. The van der Waals surface area contributed by atoms with Crippen LogP contribution in [-0.2, 0) is 9.47 Å². The van der Waals surface area contributed by atoms with Gasteiger partial charge in [0, 0.05) is 0 Å². The molecule has 7 heteroatoms. The molecule has 0 radical (unpaired) electrons. The highest BCUT2D eigenvalue weighted by Gasteiger charge is 2.66. The van der Waals surface area contributed by atoms with E-state index in [1.165, 1.54) is 0 Å². The number of alkyl halides is 4. The minimum atomic E-state index is -4.83. The van der Waals surface area contributed by atoms with E-state index >= 15 is 0 Å². The molecule has 1 aliphatic heterocycles. The molecule has 1 saturated heterocycles. The smallest absolute Gasteiger partial charge is 0.425 e. The lowest BCUT2D eigenvalue weighted by atomic mass is 10.2. The Morgan fingerprint density at radius 3 is 2.25 bits per heavy atom. The van der Waals surface area contributed by atoms with Gasteiger partial charge < -0.3 is 9.47 Å². The molecule has 1 aliphatic rings. The number of carbonyl (C=O) groups is 1. The van der Waals surface area contributed by atoms with Crippen LogP contribution in [0, 0.1) is 0 Å². The third-order valence-corrected chi connectivity index (χ3v) is 2.01. The molecule has 12 heavy (non-hydrogen) atoms. The minimum absolute atomic E-state index is 1.01. The number of ether oxygens (including phenoxy) is 2. The van der Waals surface area contributed by atoms with E-state index in [2.05, 4.69) is 9.47 Å². The molecule has 1 rings (SSSR count). The summed E-state index contributed by atoms with van der Waals surface area (Å²) in [6.45, 7) is 1.01. The molecular formula is C5H4ClF3O3. The first-order valence-electron chi connectivity index (χ1n) is 2.92. The lowest BCUT2D eigenvalue weighted by Gasteiger charge is -2.23. The van der Waals surface area contributed by atoms with Gasteiger partial charge in [-0.25, -0.2) is 4.79 Å². The van der Waals surface area contributed by atoms with Crippen molar-refractivity contribution in [3.8, 4) is 0 Å². The van der Waals surface area contributed by atoms with Crippen molar-refractivity contribution in [1.29, 1.82) is 0 Å². The van der Waals surface area contributed by atoms with Crippen molar-refractivity contribution < 1.29 is 27.4 Å². The van der Waals surface area contributed by atoms with Gasteiger partial charge in [-0.2, -0.15) is 13.2 Å². The van der Waals surface area contributed by atoms with Crippen molar-refractivity contribution in [2.45, 2.75) is 24.3 Å². The van der Waals surface area contributed by atoms with Gasteiger partial charge in [-0.1, -0.05) is 11.6 Å². The number of hydrogen-bond donors (Lipinski definition) is 0. The van der Waals surface area contributed by atoms with E-state index in [-0.39, 0.29) is 0 Å². The van der Waals surface area contributed by atoms with E-state index in [1.54, 1.807) is 0 Å². The Balaban J connectivity index is 2.92. The quantitative estimate of drug-likeness (QED) is 0.447. The third kappa shape index (κ3) is 1.20. The normalized spacial score (nSPS) is 36.1. The highest BCUT2D eigenvalue weighted by atomic mass is 35.5. The predicted molar refractivity (Wildman–Crippen MR) is 31.7 cm³/mol. The maximum Gasteiger partial charge on any atom is 0.510 e. The summed E-state index contributed by atoms with van der Waals surface area (Å²) in [5.41, 5.74) is 0. The van der Waals surface area contributed by atoms with Crippen LogP contribution in [0.2, 0.25) is 0 Å². The van der Waals surface area contributed by atoms with E-state index in [4.69, 9.17) is 11.6 Å². The van der Waals surface area contributed by atoms with Gasteiger partial charge in [-0.05, 0) is 6.92 Å². The number of rotatable bonds is 0.